The van der Waals surface area contributed by atoms with Crippen molar-refractivity contribution in [2.45, 2.75) is 38.7 Å². The Hall–Kier alpha value is 0.100. The average molecular weight is 332 g/mol. The topological polar surface area (TPSA) is 23.5 Å². The Bertz CT molecular complexity index is 383. The monoisotopic (exact) mass is 331 g/mol. The first-order chi connectivity index (χ1) is 8.48. The summed E-state index contributed by atoms with van der Waals surface area (Å²) in [5.74, 6) is 0.711. The van der Waals surface area contributed by atoms with E-state index in [0.717, 1.165) is 43.4 Å². The molecule has 0 amide bonds. The minimum Gasteiger partial charge on any atom is -0.389 e. The molecule has 0 atom stereocenters. The van der Waals surface area contributed by atoms with Crippen LogP contribution in [0.5, 0.6) is 0 Å². The Morgan fingerprint density at radius 1 is 1.44 bits per heavy atom. The number of rotatable bonds is 4. The summed E-state index contributed by atoms with van der Waals surface area (Å²) in [6.45, 7) is 7.71. The van der Waals surface area contributed by atoms with Gasteiger partial charge in [-0.1, -0.05) is 13.8 Å². The molecule has 0 aliphatic carbocycles. The second kappa shape index (κ2) is 6.04. The average Bonchev–Trinajstić information content (AvgIpc) is 2.67. The van der Waals surface area contributed by atoms with Crippen LogP contribution in [0.25, 0.3) is 0 Å². The lowest BCUT2D eigenvalue weighted by Gasteiger charge is -2.38. The highest BCUT2D eigenvalue weighted by atomic mass is 79.9. The summed E-state index contributed by atoms with van der Waals surface area (Å²) in [7, 11) is 0. The summed E-state index contributed by atoms with van der Waals surface area (Å²) in [6.07, 6.45) is 2.58. The molecule has 0 spiro atoms. The number of piperidine rings is 1. The van der Waals surface area contributed by atoms with E-state index >= 15 is 0 Å². The number of halogens is 1. The van der Waals surface area contributed by atoms with Gasteiger partial charge in [0.1, 0.15) is 0 Å². The molecule has 2 nitrogen and oxygen atoms in total. The SMILES string of the molecule is CC(C)CN1CCC(O)(Cc2sccc2Br)CC1. The molecular weight excluding hydrogens is 310 g/mol. The minimum atomic E-state index is -0.499. The number of aliphatic hydroxyl groups is 1. The van der Waals surface area contributed by atoms with Gasteiger partial charge in [-0.3, -0.25) is 0 Å². The van der Waals surface area contributed by atoms with Crippen LogP contribution in [0.2, 0.25) is 0 Å². The van der Waals surface area contributed by atoms with Crippen molar-refractivity contribution in [3.63, 3.8) is 0 Å². The van der Waals surface area contributed by atoms with Crippen molar-refractivity contribution in [3.05, 3.63) is 20.8 Å². The smallest absolute Gasteiger partial charge is 0.0720 e. The maximum atomic E-state index is 10.7. The van der Waals surface area contributed by atoms with Gasteiger partial charge in [0.2, 0.25) is 0 Å². The fraction of sp³-hybridized carbons (Fsp3) is 0.714. The van der Waals surface area contributed by atoms with Gasteiger partial charge < -0.3 is 10.0 Å². The number of hydrogen-bond acceptors (Lipinski definition) is 3. The molecule has 0 saturated carbocycles. The van der Waals surface area contributed by atoms with Gasteiger partial charge in [-0.05, 0) is 46.1 Å². The van der Waals surface area contributed by atoms with Gasteiger partial charge in [-0.15, -0.1) is 11.3 Å². The van der Waals surface area contributed by atoms with E-state index < -0.39 is 5.60 Å². The molecule has 2 rings (SSSR count). The van der Waals surface area contributed by atoms with E-state index in [1.54, 1.807) is 11.3 Å². The van der Waals surface area contributed by atoms with Crippen LogP contribution in [0.1, 0.15) is 31.6 Å². The number of likely N-dealkylation sites (tertiary alicyclic amines) is 1. The molecular formula is C14H22BrNOS. The number of thiophene rings is 1. The summed E-state index contributed by atoms with van der Waals surface area (Å²) in [5, 5.41) is 12.8. The molecule has 0 aromatic carbocycles. The van der Waals surface area contributed by atoms with E-state index in [1.165, 1.54) is 4.88 Å². The molecule has 0 bridgehead atoms. The van der Waals surface area contributed by atoms with Crippen LogP contribution < -0.4 is 0 Å². The molecule has 2 heterocycles. The van der Waals surface area contributed by atoms with E-state index in [9.17, 15) is 5.11 Å². The molecule has 0 unspecified atom stereocenters. The van der Waals surface area contributed by atoms with Crippen molar-refractivity contribution < 1.29 is 5.11 Å². The van der Waals surface area contributed by atoms with Gasteiger partial charge in [0.25, 0.3) is 0 Å². The zero-order valence-corrected chi connectivity index (χ0v) is 13.6. The predicted octanol–water partition coefficient (Wildman–Crippen LogP) is 3.54. The number of hydrogen-bond donors (Lipinski definition) is 1. The fourth-order valence-electron chi connectivity index (χ4n) is 2.60. The van der Waals surface area contributed by atoms with Crippen molar-refractivity contribution >= 4 is 27.3 Å². The fourth-order valence-corrected chi connectivity index (χ4v) is 4.22. The highest BCUT2D eigenvalue weighted by Gasteiger charge is 2.33. The Morgan fingerprint density at radius 2 is 2.11 bits per heavy atom. The van der Waals surface area contributed by atoms with Crippen molar-refractivity contribution in [3.8, 4) is 0 Å². The van der Waals surface area contributed by atoms with Crippen molar-refractivity contribution in [2.75, 3.05) is 19.6 Å². The molecule has 102 valence electrons. The Morgan fingerprint density at radius 3 is 2.61 bits per heavy atom. The Labute approximate surface area is 122 Å². The molecule has 1 N–H and O–H groups in total. The van der Waals surface area contributed by atoms with Crippen LogP contribution >= 0.6 is 27.3 Å². The predicted molar refractivity (Wildman–Crippen MR) is 81.2 cm³/mol. The lowest BCUT2D eigenvalue weighted by Crippen LogP contribution is -2.46. The van der Waals surface area contributed by atoms with Crippen molar-refractivity contribution in [1.82, 2.24) is 4.90 Å². The first-order valence-electron chi connectivity index (χ1n) is 6.65. The zero-order chi connectivity index (χ0) is 13.2. The van der Waals surface area contributed by atoms with Crippen LogP contribution in [0.4, 0.5) is 0 Å². The summed E-state index contributed by atoms with van der Waals surface area (Å²) in [6, 6.07) is 2.07. The molecule has 1 aliphatic heterocycles. The molecule has 1 aliphatic rings. The van der Waals surface area contributed by atoms with Gasteiger partial charge in [0, 0.05) is 35.4 Å². The van der Waals surface area contributed by atoms with Crippen LogP contribution in [0.15, 0.2) is 15.9 Å². The first-order valence-corrected chi connectivity index (χ1v) is 8.32. The van der Waals surface area contributed by atoms with Crippen LogP contribution in [0, 0.1) is 5.92 Å². The van der Waals surface area contributed by atoms with Crippen molar-refractivity contribution in [2.24, 2.45) is 5.92 Å². The summed E-state index contributed by atoms with van der Waals surface area (Å²) in [4.78, 5) is 3.75. The molecule has 1 aromatic heterocycles. The lowest BCUT2D eigenvalue weighted by atomic mass is 9.87. The van der Waals surface area contributed by atoms with E-state index in [1.807, 2.05) is 0 Å². The van der Waals surface area contributed by atoms with Gasteiger partial charge in [-0.2, -0.15) is 0 Å². The quantitative estimate of drug-likeness (QED) is 0.912. The lowest BCUT2D eigenvalue weighted by molar-refractivity contribution is -0.0222. The third-order valence-electron chi connectivity index (χ3n) is 3.59. The van der Waals surface area contributed by atoms with Gasteiger partial charge in [-0.25, -0.2) is 0 Å². The third kappa shape index (κ3) is 3.80. The van der Waals surface area contributed by atoms with Crippen LogP contribution in [-0.2, 0) is 6.42 Å². The van der Waals surface area contributed by atoms with E-state index in [4.69, 9.17) is 0 Å². The minimum absolute atomic E-state index is 0.499. The maximum absolute atomic E-state index is 10.7. The van der Waals surface area contributed by atoms with E-state index in [-0.39, 0.29) is 0 Å². The highest BCUT2D eigenvalue weighted by molar-refractivity contribution is 9.10. The number of nitrogens with zero attached hydrogens (tertiary/aromatic N) is 1. The Balaban J connectivity index is 1.89. The zero-order valence-electron chi connectivity index (χ0n) is 11.2. The Kier molecular flexibility index (Phi) is 4.86. The van der Waals surface area contributed by atoms with Crippen LogP contribution in [-0.4, -0.2) is 35.2 Å². The van der Waals surface area contributed by atoms with E-state index in [0.29, 0.717) is 5.92 Å². The van der Waals surface area contributed by atoms with Gasteiger partial charge >= 0.3 is 0 Å². The summed E-state index contributed by atoms with van der Waals surface area (Å²) >= 11 is 5.28. The van der Waals surface area contributed by atoms with Gasteiger partial charge in [0.05, 0.1) is 5.60 Å². The molecule has 1 fully saturated rings. The first kappa shape index (κ1) is 14.5. The normalized spacial score (nSPS) is 20.5. The second-order valence-electron chi connectivity index (χ2n) is 5.79. The van der Waals surface area contributed by atoms with E-state index in [2.05, 4.69) is 46.1 Å². The molecule has 0 radical (unpaired) electrons. The molecule has 18 heavy (non-hydrogen) atoms. The summed E-state index contributed by atoms with van der Waals surface area (Å²) in [5.41, 5.74) is -0.499. The standard InChI is InChI=1S/C14H22BrNOS/c1-11(2)10-16-6-4-14(17,5-7-16)9-13-12(15)3-8-18-13/h3,8,11,17H,4-7,9-10H2,1-2H3. The molecule has 4 heteroatoms. The highest BCUT2D eigenvalue weighted by Crippen LogP contribution is 2.32. The van der Waals surface area contributed by atoms with Crippen LogP contribution in [0.3, 0.4) is 0 Å². The summed E-state index contributed by atoms with van der Waals surface area (Å²) < 4.78 is 1.14. The largest absolute Gasteiger partial charge is 0.389 e. The second-order valence-corrected chi connectivity index (χ2v) is 7.64. The maximum Gasteiger partial charge on any atom is 0.0720 e. The molecule has 1 saturated heterocycles. The van der Waals surface area contributed by atoms with Crippen molar-refractivity contribution in [1.29, 1.82) is 0 Å². The van der Waals surface area contributed by atoms with Gasteiger partial charge in [0.15, 0.2) is 0 Å². The third-order valence-corrected chi connectivity index (χ3v) is 5.52. The molecule has 1 aromatic rings.